The lowest BCUT2D eigenvalue weighted by atomic mass is 9.99. The first kappa shape index (κ1) is 20.8. The molecule has 0 radical (unpaired) electrons. The summed E-state index contributed by atoms with van der Waals surface area (Å²) in [4.78, 5) is 12.9. The zero-order chi connectivity index (χ0) is 20.3. The van der Waals surface area contributed by atoms with Crippen molar-refractivity contribution < 1.29 is 17.9 Å². The highest BCUT2D eigenvalue weighted by Gasteiger charge is 2.35. The third kappa shape index (κ3) is 4.39. The molecular weight excluding hydrogens is 444 g/mol. The monoisotopic (exact) mass is 466 g/mol. The maximum Gasteiger partial charge on any atom is 0.246 e. The van der Waals surface area contributed by atoms with E-state index in [9.17, 15) is 13.2 Å². The molecule has 0 bridgehead atoms. The molecule has 0 aliphatic carbocycles. The fourth-order valence-corrected chi connectivity index (χ4v) is 5.44. The van der Waals surface area contributed by atoms with Crippen LogP contribution in [0.25, 0.3) is 0 Å². The maximum atomic E-state index is 13.2. The highest BCUT2D eigenvalue weighted by atomic mass is 79.9. The molecular formula is C20H23BrN2O4S. The highest BCUT2D eigenvalue weighted by molar-refractivity contribution is 9.10. The number of hydrogen-bond donors (Lipinski definition) is 1. The molecule has 1 N–H and O–H groups in total. The Morgan fingerprint density at radius 1 is 1.25 bits per heavy atom. The highest BCUT2D eigenvalue weighted by Crippen LogP contribution is 2.31. The average Bonchev–Trinajstić information content (AvgIpc) is 2.69. The van der Waals surface area contributed by atoms with Crippen molar-refractivity contribution in [3.8, 4) is 5.75 Å². The lowest BCUT2D eigenvalue weighted by Crippen LogP contribution is -2.43. The molecule has 2 aromatic rings. The van der Waals surface area contributed by atoms with Crippen LogP contribution in [0.1, 0.15) is 18.4 Å². The number of halogens is 1. The third-order valence-corrected chi connectivity index (χ3v) is 7.40. The topological polar surface area (TPSA) is 75.7 Å². The van der Waals surface area contributed by atoms with Gasteiger partial charge in [-0.05, 0) is 65.5 Å². The summed E-state index contributed by atoms with van der Waals surface area (Å²) in [7, 11) is -2.30. The number of nitrogens with one attached hydrogen (secondary N) is 1. The van der Waals surface area contributed by atoms with Gasteiger partial charge in [0, 0.05) is 17.6 Å². The third-order valence-electron chi connectivity index (χ3n) is 4.82. The van der Waals surface area contributed by atoms with Crippen molar-refractivity contribution in [2.75, 3.05) is 25.5 Å². The Bertz CT molecular complexity index is 978. The second kappa shape index (κ2) is 8.63. The van der Waals surface area contributed by atoms with Crippen molar-refractivity contribution in [1.82, 2.24) is 4.31 Å². The van der Waals surface area contributed by atoms with Gasteiger partial charge < -0.3 is 10.1 Å². The van der Waals surface area contributed by atoms with Gasteiger partial charge in [0.1, 0.15) is 10.6 Å². The second-order valence-electron chi connectivity index (χ2n) is 6.83. The van der Waals surface area contributed by atoms with Crippen LogP contribution in [0.4, 0.5) is 5.69 Å². The first-order chi connectivity index (χ1) is 13.3. The van der Waals surface area contributed by atoms with Crippen LogP contribution in [0.15, 0.2) is 51.8 Å². The molecule has 150 valence electrons. The lowest BCUT2D eigenvalue weighted by Gasteiger charge is -2.31. The second-order valence-corrected chi connectivity index (χ2v) is 9.59. The summed E-state index contributed by atoms with van der Waals surface area (Å²) in [5.74, 6) is -0.278. The zero-order valence-electron chi connectivity index (χ0n) is 15.8. The molecule has 1 heterocycles. The van der Waals surface area contributed by atoms with Gasteiger partial charge in [-0.25, -0.2) is 8.42 Å². The van der Waals surface area contributed by atoms with E-state index in [2.05, 4.69) is 21.2 Å². The summed E-state index contributed by atoms with van der Waals surface area (Å²) in [6.45, 7) is 2.37. The van der Waals surface area contributed by atoms with E-state index in [4.69, 9.17) is 4.74 Å². The number of benzene rings is 2. The van der Waals surface area contributed by atoms with Crippen molar-refractivity contribution >= 4 is 37.5 Å². The van der Waals surface area contributed by atoms with E-state index in [-0.39, 0.29) is 17.3 Å². The Morgan fingerprint density at radius 2 is 2.00 bits per heavy atom. The first-order valence-corrected chi connectivity index (χ1v) is 11.3. The van der Waals surface area contributed by atoms with Crippen LogP contribution in [0.5, 0.6) is 5.75 Å². The molecule has 1 fully saturated rings. The summed E-state index contributed by atoms with van der Waals surface area (Å²) in [6, 6.07) is 12.4. The molecule has 0 unspecified atom stereocenters. The molecule has 1 saturated heterocycles. The number of amides is 1. The standard InChI is InChI=1S/C20H23BrN2O4S/c1-14-9-10-18(27-2)19(12-14)28(25,26)23-11-5-6-15(13-23)20(24)22-17-8-4-3-7-16(17)21/h3-4,7-10,12,15H,5-6,11,13H2,1-2H3,(H,22,24)/t15-/m0/s1. The Hall–Kier alpha value is -1.90. The molecule has 0 saturated carbocycles. The molecule has 6 nitrogen and oxygen atoms in total. The normalized spacial score (nSPS) is 17.9. The molecule has 0 aromatic heterocycles. The van der Waals surface area contributed by atoms with Gasteiger partial charge in [-0.3, -0.25) is 4.79 Å². The van der Waals surface area contributed by atoms with Crippen LogP contribution in [0.2, 0.25) is 0 Å². The molecule has 1 atom stereocenters. The van der Waals surface area contributed by atoms with Crippen molar-refractivity contribution in [2.45, 2.75) is 24.7 Å². The van der Waals surface area contributed by atoms with Crippen molar-refractivity contribution in [2.24, 2.45) is 5.92 Å². The van der Waals surface area contributed by atoms with Gasteiger partial charge in [0.2, 0.25) is 15.9 Å². The summed E-state index contributed by atoms with van der Waals surface area (Å²) in [5.41, 5.74) is 1.51. The van der Waals surface area contributed by atoms with Crippen LogP contribution in [0.3, 0.4) is 0 Å². The largest absolute Gasteiger partial charge is 0.495 e. The summed E-state index contributed by atoms with van der Waals surface area (Å²) < 4.78 is 33.8. The van der Waals surface area contributed by atoms with Crippen LogP contribution in [-0.4, -0.2) is 38.8 Å². The van der Waals surface area contributed by atoms with E-state index < -0.39 is 15.9 Å². The van der Waals surface area contributed by atoms with Crippen molar-refractivity contribution in [3.63, 3.8) is 0 Å². The number of piperidine rings is 1. The van der Waals surface area contributed by atoms with Gasteiger partial charge in [-0.1, -0.05) is 18.2 Å². The Balaban J connectivity index is 1.80. The maximum absolute atomic E-state index is 13.2. The summed E-state index contributed by atoms with van der Waals surface area (Å²) >= 11 is 3.41. The number of carbonyl (C=O) groups is 1. The number of hydrogen-bond acceptors (Lipinski definition) is 4. The van der Waals surface area contributed by atoms with Gasteiger partial charge in [0.05, 0.1) is 18.7 Å². The quantitative estimate of drug-likeness (QED) is 0.726. The van der Waals surface area contributed by atoms with Crippen LogP contribution < -0.4 is 10.1 Å². The van der Waals surface area contributed by atoms with Crippen LogP contribution >= 0.6 is 15.9 Å². The Morgan fingerprint density at radius 3 is 2.71 bits per heavy atom. The smallest absolute Gasteiger partial charge is 0.246 e. The van der Waals surface area contributed by atoms with E-state index in [0.717, 1.165) is 10.0 Å². The zero-order valence-corrected chi connectivity index (χ0v) is 18.2. The van der Waals surface area contributed by atoms with Crippen LogP contribution in [0, 0.1) is 12.8 Å². The molecule has 28 heavy (non-hydrogen) atoms. The number of aryl methyl sites for hydroxylation is 1. The molecule has 1 aliphatic rings. The number of anilines is 1. The fraction of sp³-hybridized carbons (Fsp3) is 0.350. The Kier molecular flexibility index (Phi) is 6.42. The first-order valence-electron chi connectivity index (χ1n) is 9.03. The predicted molar refractivity (Wildman–Crippen MR) is 112 cm³/mol. The average molecular weight is 467 g/mol. The number of carbonyl (C=O) groups excluding carboxylic acids is 1. The van der Waals surface area contributed by atoms with Gasteiger partial charge in [-0.15, -0.1) is 0 Å². The molecule has 0 spiro atoms. The van der Waals surface area contributed by atoms with E-state index >= 15 is 0 Å². The van der Waals surface area contributed by atoms with Crippen molar-refractivity contribution in [1.29, 1.82) is 0 Å². The fourth-order valence-electron chi connectivity index (χ4n) is 3.30. The van der Waals surface area contributed by atoms with E-state index in [1.165, 1.54) is 11.4 Å². The summed E-state index contributed by atoms with van der Waals surface area (Å²) in [5, 5.41) is 2.89. The number of ether oxygens (including phenoxy) is 1. The molecule has 1 aliphatic heterocycles. The SMILES string of the molecule is COc1ccc(C)cc1S(=O)(=O)N1CCC[C@H](C(=O)Nc2ccccc2Br)C1. The number of methoxy groups -OCH3 is 1. The van der Waals surface area contributed by atoms with Gasteiger partial charge in [0.15, 0.2) is 0 Å². The number of para-hydroxylation sites is 1. The van der Waals surface area contributed by atoms with E-state index in [1.807, 2.05) is 31.2 Å². The predicted octanol–water partition coefficient (Wildman–Crippen LogP) is 3.81. The Labute approximate surface area is 174 Å². The number of rotatable bonds is 5. The van der Waals surface area contributed by atoms with Gasteiger partial charge in [0.25, 0.3) is 0 Å². The minimum Gasteiger partial charge on any atom is -0.495 e. The van der Waals surface area contributed by atoms with E-state index in [0.29, 0.717) is 30.8 Å². The van der Waals surface area contributed by atoms with Crippen LogP contribution in [-0.2, 0) is 14.8 Å². The number of nitrogens with zero attached hydrogens (tertiary/aromatic N) is 1. The number of sulfonamides is 1. The van der Waals surface area contributed by atoms with E-state index in [1.54, 1.807) is 18.2 Å². The molecule has 1 amide bonds. The minimum atomic E-state index is -3.76. The molecule has 8 heteroatoms. The van der Waals surface area contributed by atoms with Gasteiger partial charge >= 0.3 is 0 Å². The lowest BCUT2D eigenvalue weighted by molar-refractivity contribution is -0.120. The van der Waals surface area contributed by atoms with Gasteiger partial charge in [-0.2, -0.15) is 4.31 Å². The van der Waals surface area contributed by atoms with Crippen molar-refractivity contribution in [3.05, 3.63) is 52.5 Å². The molecule has 3 rings (SSSR count). The molecule has 2 aromatic carbocycles. The minimum absolute atomic E-state index is 0.141. The summed E-state index contributed by atoms with van der Waals surface area (Å²) in [6.07, 6.45) is 1.27.